The first-order chi connectivity index (χ1) is 15.1. The van der Waals surface area contributed by atoms with Crippen molar-refractivity contribution in [1.82, 2.24) is 10.2 Å². The molecule has 1 saturated heterocycles. The lowest BCUT2D eigenvalue weighted by Gasteiger charge is -2.35. The number of anilines is 2. The third kappa shape index (κ3) is 4.45. The number of benzene rings is 2. The summed E-state index contributed by atoms with van der Waals surface area (Å²) in [5.74, 6) is 0.543. The first-order valence-corrected chi connectivity index (χ1v) is 10.5. The smallest absolute Gasteiger partial charge is 0.338 e. The summed E-state index contributed by atoms with van der Waals surface area (Å²) in [4.78, 5) is 14.1. The molecule has 0 aliphatic carbocycles. The normalized spacial score (nSPS) is 16.2. The molecule has 1 atom stereocenters. The van der Waals surface area contributed by atoms with Crippen LogP contribution in [0.15, 0.2) is 54.6 Å². The number of piperidine rings is 1. The van der Waals surface area contributed by atoms with Crippen molar-refractivity contribution in [2.45, 2.75) is 25.7 Å². The fraction of sp³-hybridized carbons (Fsp3) is 0.292. The molecule has 0 bridgehead atoms. The topological polar surface area (TPSA) is 102 Å². The van der Waals surface area contributed by atoms with Gasteiger partial charge in [-0.25, -0.2) is 4.79 Å². The maximum Gasteiger partial charge on any atom is 0.338 e. The van der Waals surface area contributed by atoms with E-state index < -0.39 is 0 Å². The standard InChI is InChI=1S/C24H26N4O3/c1-2-31-24(30)17-11-9-16(10-12-17)18-6-5-13-28(15-18)21-14-20(26-27-23(21)25)19-7-3-4-8-22(19)29/h3-4,7-12,14,18,29H,2,5-6,13,15H2,1H3,(H2,25,27)/t18-/m1/s1. The highest BCUT2D eigenvalue weighted by Crippen LogP contribution is 2.35. The molecule has 3 N–H and O–H groups in total. The summed E-state index contributed by atoms with van der Waals surface area (Å²) in [6, 6.07) is 16.6. The quantitative estimate of drug-likeness (QED) is 0.604. The molecule has 2 heterocycles. The third-order valence-electron chi connectivity index (χ3n) is 5.64. The molecule has 0 spiro atoms. The van der Waals surface area contributed by atoms with Crippen molar-refractivity contribution in [3.63, 3.8) is 0 Å². The number of aromatic hydroxyl groups is 1. The summed E-state index contributed by atoms with van der Waals surface area (Å²) < 4.78 is 5.07. The molecule has 1 aromatic heterocycles. The number of rotatable bonds is 5. The lowest BCUT2D eigenvalue weighted by atomic mass is 9.90. The monoisotopic (exact) mass is 418 g/mol. The molecule has 0 amide bonds. The first-order valence-electron chi connectivity index (χ1n) is 10.5. The lowest BCUT2D eigenvalue weighted by Crippen LogP contribution is -2.35. The number of phenols is 1. The minimum atomic E-state index is -0.299. The number of ether oxygens (including phenoxy) is 1. The van der Waals surface area contributed by atoms with Crippen LogP contribution in [0.1, 0.15) is 41.6 Å². The van der Waals surface area contributed by atoms with E-state index in [1.165, 1.54) is 5.56 Å². The van der Waals surface area contributed by atoms with E-state index in [4.69, 9.17) is 10.5 Å². The van der Waals surface area contributed by atoms with Crippen LogP contribution in [0, 0.1) is 0 Å². The van der Waals surface area contributed by atoms with E-state index in [2.05, 4.69) is 15.1 Å². The summed E-state index contributed by atoms with van der Waals surface area (Å²) in [7, 11) is 0. The van der Waals surface area contributed by atoms with Gasteiger partial charge in [-0.2, -0.15) is 0 Å². The van der Waals surface area contributed by atoms with Crippen LogP contribution in [0.3, 0.4) is 0 Å². The zero-order chi connectivity index (χ0) is 21.8. The van der Waals surface area contributed by atoms with Gasteiger partial charge in [-0.15, -0.1) is 10.2 Å². The minimum Gasteiger partial charge on any atom is -0.507 e. The Labute approximate surface area is 181 Å². The Balaban J connectivity index is 1.56. The molecule has 4 rings (SSSR count). The number of phenolic OH excluding ortho intramolecular Hbond substituents is 1. The van der Waals surface area contributed by atoms with E-state index >= 15 is 0 Å². The molecule has 7 heteroatoms. The average molecular weight is 418 g/mol. The van der Waals surface area contributed by atoms with Gasteiger partial charge < -0.3 is 20.5 Å². The number of nitrogen functional groups attached to an aromatic ring is 1. The number of nitrogens with two attached hydrogens (primary N) is 1. The lowest BCUT2D eigenvalue weighted by molar-refractivity contribution is 0.0526. The van der Waals surface area contributed by atoms with Gasteiger partial charge in [0, 0.05) is 24.6 Å². The highest BCUT2D eigenvalue weighted by Gasteiger charge is 2.24. The summed E-state index contributed by atoms with van der Waals surface area (Å²) in [5.41, 5.74) is 9.95. The van der Waals surface area contributed by atoms with Gasteiger partial charge in [0.25, 0.3) is 0 Å². The number of para-hydroxylation sites is 1. The van der Waals surface area contributed by atoms with Gasteiger partial charge in [0.1, 0.15) is 5.75 Å². The highest BCUT2D eigenvalue weighted by molar-refractivity contribution is 5.89. The molecular formula is C24H26N4O3. The van der Waals surface area contributed by atoms with Crippen LogP contribution < -0.4 is 10.6 Å². The van der Waals surface area contributed by atoms with Gasteiger partial charge in [0.15, 0.2) is 5.82 Å². The third-order valence-corrected chi connectivity index (χ3v) is 5.64. The zero-order valence-corrected chi connectivity index (χ0v) is 17.5. The highest BCUT2D eigenvalue weighted by atomic mass is 16.5. The summed E-state index contributed by atoms with van der Waals surface area (Å²) in [6.07, 6.45) is 2.07. The van der Waals surface area contributed by atoms with Crippen molar-refractivity contribution in [3.05, 3.63) is 65.7 Å². The average Bonchev–Trinajstić information content (AvgIpc) is 2.80. The molecule has 7 nitrogen and oxygen atoms in total. The number of hydrogen-bond acceptors (Lipinski definition) is 7. The molecule has 31 heavy (non-hydrogen) atoms. The summed E-state index contributed by atoms with van der Waals surface area (Å²) >= 11 is 0. The molecule has 0 radical (unpaired) electrons. The largest absolute Gasteiger partial charge is 0.507 e. The van der Waals surface area contributed by atoms with Crippen molar-refractivity contribution in [1.29, 1.82) is 0 Å². The number of carbonyl (C=O) groups is 1. The number of hydrogen-bond donors (Lipinski definition) is 2. The number of nitrogens with zero attached hydrogens (tertiary/aromatic N) is 3. The molecule has 160 valence electrons. The fourth-order valence-corrected chi connectivity index (χ4v) is 4.04. The Kier molecular flexibility index (Phi) is 6.02. The Bertz CT molecular complexity index is 1070. The van der Waals surface area contributed by atoms with Crippen molar-refractivity contribution in [3.8, 4) is 17.0 Å². The number of esters is 1. The van der Waals surface area contributed by atoms with Crippen LogP contribution >= 0.6 is 0 Å². The van der Waals surface area contributed by atoms with Crippen LogP contribution in [0.2, 0.25) is 0 Å². The Morgan fingerprint density at radius 2 is 1.97 bits per heavy atom. The first kappa shape index (κ1) is 20.7. The summed E-state index contributed by atoms with van der Waals surface area (Å²) in [5, 5.41) is 18.5. The second-order valence-corrected chi connectivity index (χ2v) is 7.64. The Hall–Kier alpha value is -3.61. The molecule has 1 aliphatic heterocycles. The fourth-order valence-electron chi connectivity index (χ4n) is 4.04. The van der Waals surface area contributed by atoms with Gasteiger partial charge in [-0.1, -0.05) is 24.3 Å². The second kappa shape index (κ2) is 9.04. The van der Waals surface area contributed by atoms with E-state index in [0.717, 1.165) is 31.6 Å². The van der Waals surface area contributed by atoms with E-state index in [-0.39, 0.29) is 11.7 Å². The van der Waals surface area contributed by atoms with Gasteiger partial charge in [0.05, 0.1) is 23.6 Å². The van der Waals surface area contributed by atoms with Crippen LogP contribution in [0.25, 0.3) is 11.3 Å². The maximum absolute atomic E-state index is 11.9. The predicted molar refractivity (Wildman–Crippen MR) is 120 cm³/mol. The summed E-state index contributed by atoms with van der Waals surface area (Å²) in [6.45, 7) is 3.82. The maximum atomic E-state index is 11.9. The molecule has 1 fully saturated rings. The molecule has 0 saturated carbocycles. The van der Waals surface area contributed by atoms with Gasteiger partial charge >= 0.3 is 5.97 Å². The predicted octanol–water partition coefficient (Wildman–Crippen LogP) is 3.99. The van der Waals surface area contributed by atoms with Crippen LogP contribution in [0.5, 0.6) is 5.75 Å². The minimum absolute atomic E-state index is 0.158. The van der Waals surface area contributed by atoms with E-state index in [0.29, 0.717) is 35.2 Å². The zero-order valence-electron chi connectivity index (χ0n) is 17.5. The Morgan fingerprint density at radius 1 is 1.19 bits per heavy atom. The SMILES string of the molecule is CCOC(=O)c1ccc([C@@H]2CCCN(c3cc(-c4ccccc4O)nnc3N)C2)cc1. The number of carbonyl (C=O) groups excluding carboxylic acids is 1. The van der Waals surface area contributed by atoms with Crippen LogP contribution in [-0.2, 0) is 4.74 Å². The molecule has 1 aliphatic rings. The molecule has 2 aromatic carbocycles. The van der Waals surface area contributed by atoms with Gasteiger partial charge in [-0.3, -0.25) is 0 Å². The van der Waals surface area contributed by atoms with Crippen LogP contribution in [0.4, 0.5) is 11.5 Å². The second-order valence-electron chi connectivity index (χ2n) is 7.64. The molecule has 0 unspecified atom stereocenters. The van der Waals surface area contributed by atoms with Crippen LogP contribution in [-0.4, -0.2) is 41.0 Å². The van der Waals surface area contributed by atoms with Gasteiger partial charge in [-0.05, 0) is 55.7 Å². The van der Waals surface area contributed by atoms with Gasteiger partial charge in [0.2, 0.25) is 0 Å². The van der Waals surface area contributed by atoms with E-state index in [1.54, 1.807) is 19.1 Å². The molecular weight excluding hydrogens is 392 g/mol. The van der Waals surface area contributed by atoms with Crippen molar-refractivity contribution in [2.24, 2.45) is 0 Å². The number of aromatic nitrogens is 2. The van der Waals surface area contributed by atoms with Crippen molar-refractivity contribution >= 4 is 17.5 Å². The van der Waals surface area contributed by atoms with Crippen molar-refractivity contribution in [2.75, 3.05) is 30.3 Å². The Morgan fingerprint density at radius 3 is 2.71 bits per heavy atom. The van der Waals surface area contributed by atoms with E-state index in [9.17, 15) is 9.90 Å². The molecule has 3 aromatic rings. The van der Waals surface area contributed by atoms with Crippen molar-refractivity contribution < 1.29 is 14.6 Å². The van der Waals surface area contributed by atoms with E-state index in [1.807, 2.05) is 42.5 Å².